The van der Waals surface area contributed by atoms with Crippen molar-refractivity contribution in [3.63, 3.8) is 0 Å². The molecule has 0 aliphatic rings. The normalized spacial score (nSPS) is 10.7. The highest BCUT2D eigenvalue weighted by Crippen LogP contribution is 1.97. The van der Waals surface area contributed by atoms with Gasteiger partial charge in [-0.05, 0) is 25.5 Å². The van der Waals surface area contributed by atoms with Crippen LogP contribution in [0.5, 0.6) is 0 Å². The number of nitrogens with one attached hydrogen (secondary N) is 1. The van der Waals surface area contributed by atoms with Gasteiger partial charge in [-0.3, -0.25) is 4.68 Å². The molecule has 14 heavy (non-hydrogen) atoms. The van der Waals surface area contributed by atoms with Gasteiger partial charge in [-0.25, -0.2) is 0 Å². The highest BCUT2D eigenvalue weighted by Gasteiger charge is 1.95. The SMILES string of the molecule is COCCNCCCc1ccn(C)n1. The number of nitrogens with zero attached hydrogens (tertiary/aromatic N) is 2. The van der Waals surface area contributed by atoms with E-state index >= 15 is 0 Å². The molecule has 0 atom stereocenters. The van der Waals surface area contributed by atoms with Gasteiger partial charge < -0.3 is 10.1 Å². The smallest absolute Gasteiger partial charge is 0.0624 e. The Kier molecular flexibility index (Phi) is 5.25. The summed E-state index contributed by atoms with van der Waals surface area (Å²) in [6, 6.07) is 2.06. The van der Waals surface area contributed by atoms with Gasteiger partial charge >= 0.3 is 0 Å². The molecule has 0 aliphatic heterocycles. The van der Waals surface area contributed by atoms with Crippen LogP contribution in [0.1, 0.15) is 12.1 Å². The third-order valence-corrected chi connectivity index (χ3v) is 2.04. The van der Waals surface area contributed by atoms with Crippen molar-refractivity contribution in [1.29, 1.82) is 0 Å². The minimum atomic E-state index is 0.781. The highest BCUT2D eigenvalue weighted by atomic mass is 16.5. The summed E-state index contributed by atoms with van der Waals surface area (Å²) < 4.78 is 6.77. The second kappa shape index (κ2) is 6.56. The predicted molar refractivity (Wildman–Crippen MR) is 56.3 cm³/mol. The van der Waals surface area contributed by atoms with Gasteiger partial charge in [0.2, 0.25) is 0 Å². The predicted octanol–water partition coefficient (Wildman–Crippen LogP) is 0.589. The standard InChI is InChI=1S/C10H19N3O/c1-13-8-5-10(12-13)4-3-6-11-7-9-14-2/h5,8,11H,3-4,6-7,9H2,1-2H3. The molecule has 4 nitrogen and oxygen atoms in total. The molecule has 0 saturated heterocycles. The maximum absolute atomic E-state index is 4.93. The van der Waals surface area contributed by atoms with E-state index in [1.165, 1.54) is 5.69 Å². The third-order valence-electron chi connectivity index (χ3n) is 2.04. The molecule has 1 heterocycles. The summed E-state index contributed by atoms with van der Waals surface area (Å²) in [6.07, 6.45) is 4.15. The second-order valence-corrected chi connectivity index (χ2v) is 3.33. The maximum Gasteiger partial charge on any atom is 0.0624 e. The van der Waals surface area contributed by atoms with Gasteiger partial charge in [0, 0.05) is 26.9 Å². The number of aromatic nitrogens is 2. The summed E-state index contributed by atoms with van der Waals surface area (Å²) in [5.74, 6) is 0. The van der Waals surface area contributed by atoms with E-state index in [1.54, 1.807) is 7.11 Å². The third kappa shape index (κ3) is 4.39. The molecule has 0 spiro atoms. The van der Waals surface area contributed by atoms with Gasteiger partial charge in [0.05, 0.1) is 12.3 Å². The van der Waals surface area contributed by atoms with Gasteiger partial charge in [-0.2, -0.15) is 5.10 Å². The average molecular weight is 197 g/mol. The largest absolute Gasteiger partial charge is 0.383 e. The summed E-state index contributed by atoms with van der Waals surface area (Å²) >= 11 is 0. The lowest BCUT2D eigenvalue weighted by molar-refractivity contribution is 0.199. The fourth-order valence-corrected chi connectivity index (χ4v) is 1.29. The van der Waals surface area contributed by atoms with Crippen molar-refractivity contribution in [2.45, 2.75) is 12.8 Å². The Balaban J connectivity index is 1.99. The molecule has 1 N–H and O–H groups in total. The Morgan fingerprint density at radius 1 is 1.50 bits per heavy atom. The fraction of sp³-hybridized carbons (Fsp3) is 0.700. The van der Waals surface area contributed by atoms with Crippen molar-refractivity contribution in [3.8, 4) is 0 Å². The molecule has 0 unspecified atom stereocenters. The number of aryl methyl sites for hydroxylation is 2. The molecular weight excluding hydrogens is 178 g/mol. The Bertz CT molecular complexity index is 247. The summed E-state index contributed by atoms with van der Waals surface area (Å²) in [5, 5.41) is 7.61. The molecule has 1 aromatic heterocycles. The number of hydrogen-bond acceptors (Lipinski definition) is 3. The molecule has 0 amide bonds. The monoisotopic (exact) mass is 197 g/mol. The Morgan fingerprint density at radius 2 is 2.36 bits per heavy atom. The van der Waals surface area contributed by atoms with Gasteiger partial charge in [0.15, 0.2) is 0 Å². The molecule has 1 rings (SSSR count). The van der Waals surface area contributed by atoms with E-state index in [-0.39, 0.29) is 0 Å². The molecule has 1 aromatic rings. The molecule has 0 aromatic carbocycles. The lowest BCUT2D eigenvalue weighted by atomic mass is 10.2. The minimum Gasteiger partial charge on any atom is -0.383 e. The van der Waals surface area contributed by atoms with Gasteiger partial charge in [0.25, 0.3) is 0 Å². The van der Waals surface area contributed by atoms with Crippen LogP contribution in [0.2, 0.25) is 0 Å². The lowest BCUT2D eigenvalue weighted by Gasteiger charge is -2.02. The van der Waals surface area contributed by atoms with Crippen molar-refractivity contribution < 1.29 is 4.74 Å². The van der Waals surface area contributed by atoms with Crippen LogP contribution in [-0.2, 0) is 18.2 Å². The van der Waals surface area contributed by atoms with E-state index < -0.39 is 0 Å². The Hall–Kier alpha value is -0.870. The first-order chi connectivity index (χ1) is 6.83. The van der Waals surface area contributed by atoms with Crippen molar-refractivity contribution in [3.05, 3.63) is 18.0 Å². The van der Waals surface area contributed by atoms with Crippen LogP contribution in [0, 0.1) is 0 Å². The number of methoxy groups -OCH3 is 1. The van der Waals surface area contributed by atoms with Crippen LogP contribution in [-0.4, -0.2) is 36.6 Å². The molecule has 0 bridgehead atoms. The Labute approximate surface area is 85.3 Å². The van der Waals surface area contributed by atoms with Crippen LogP contribution in [0.25, 0.3) is 0 Å². The first kappa shape index (κ1) is 11.2. The summed E-state index contributed by atoms with van der Waals surface area (Å²) in [6.45, 7) is 2.74. The van der Waals surface area contributed by atoms with Crippen LogP contribution in [0.15, 0.2) is 12.3 Å². The average Bonchev–Trinajstić information content (AvgIpc) is 2.58. The van der Waals surface area contributed by atoms with Crippen LogP contribution < -0.4 is 5.32 Å². The highest BCUT2D eigenvalue weighted by molar-refractivity contribution is 4.98. The molecule has 0 radical (unpaired) electrons. The van der Waals surface area contributed by atoms with Crippen LogP contribution >= 0.6 is 0 Å². The van der Waals surface area contributed by atoms with E-state index in [4.69, 9.17) is 4.74 Å². The van der Waals surface area contributed by atoms with Crippen LogP contribution in [0.3, 0.4) is 0 Å². The maximum atomic E-state index is 4.93. The molecule has 0 fully saturated rings. The fourth-order valence-electron chi connectivity index (χ4n) is 1.29. The van der Waals surface area contributed by atoms with Crippen molar-refractivity contribution in [1.82, 2.24) is 15.1 Å². The van der Waals surface area contributed by atoms with Crippen molar-refractivity contribution >= 4 is 0 Å². The zero-order valence-corrected chi connectivity index (χ0v) is 8.99. The van der Waals surface area contributed by atoms with E-state index in [1.807, 2.05) is 17.9 Å². The van der Waals surface area contributed by atoms with E-state index in [9.17, 15) is 0 Å². The molecule has 80 valence electrons. The summed E-state index contributed by atoms with van der Waals surface area (Å²) in [5.41, 5.74) is 1.17. The lowest BCUT2D eigenvalue weighted by Crippen LogP contribution is -2.20. The zero-order valence-electron chi connectivity index (χ0n) is 8.99. The van der Waals surface area contributed by atoms with E-state index in [0.717, 1.165) is 32.5 Å². The van der Waals surface area contributed by atoms with E-state index in [0.29, 0.717) is 0 Å². The molecule has 0 saturated carbocycles. The second-order valence-electron chi connectivity index (χ2n) is 3.33. The summed E-state index contributed by atoms with van der Waals surface area (Å²) in [7, 11) is 3.66. The van der Waals surface area contributed by atoms with Gasteiger partial charge in [0.1, 0.15) is 0 Å². The Morgan fingerprint density at radius 3 is 3.00 bits per heavy atom. The number of rotatable bonds is 7. The van der Waals surface area contributed by atoms with Crippen molar-refractivity contribution in [2.24, 2.45) is 7.05 Å². The first-order valence-electron chi connectivity index (χ1n) is 5.01. The molecular formula is C10H19N3O. The minimum absolute atomic E-state index is 0.781. The number of hydrogen-bond donors (Lipinski definition) is 1. The quantitative estimate of drug-likeness (QED) is 0.650. The van der Waals surface area contributed by atoms with Gasteiger partial charge in [-0.1, -0.05) is 0 Å². The van der Waals surface area contributed by atoms with Crippen molar-refractivity contribution in [2.75, 3.05) is 26.8 Å². The zero-order chi connectivity index (χ0) is 10.2. The molecule has 0 aliphatic carbocycles. The topological polar surface area (TPSA) is 39.1 Å². The van der Waals surface area contributed by atoms with Gasteiger partial charge in [-0.15, -0.1) is 0 Å². The first-order valence-corrected chi connectivity index (χ1v) is 5.01. The molecule has 4 heteroatoms. The van der Waals surface area contributed by atoms with E-state index in [2.05, 4.69) is 16.5 Å². The van der Waals surface area contributed by atoms with Crippen LogP contribution in [0.4, 0.5) is 0 Å². The summed E-state index contributed by atoms with van der Waals surface area (Å²) in [4.78, 5) is 0. The number of ether oxygens (including phenoxy) is 1.